The van der Waals surface area contributed by atoms with Gasteiger partial charge in [-0.05, 0) is 102 Å². The predicted octanol–water partition coefficient (Wildman–Crippen LogP) is 1.13. The van der Waals surface area contributed by atoms with E-state index in [0.717, 1.165) is 4.31 Å². The number of thioether (sulfide) groups is 1. The van der Waals surface area contributed by atoms with Crippen LogP contribution in [0.2, 0.25) is 0 Å². The molecule has 2 atom stereocenters. The quantitative estimate of drug-likeness (QED) is 0.0194. The Labute approximate surface area is 758 Å². The van der Waals surface area contributed by atoms with Crippen LogP contribution in [0.3, 0.4) is 0 Å². The number of hydrogen-bond acceptors (Lipinski definition) is 34. The summed E-state index contributed by atoms with van der Waals surface area (Å²) in [6.07, 6.45) is 5.64. The normalized spacial score (nSPS) is 14.4. The summed E-state index contributed by atoms with van der Waals surface area (Å²) in [5.41, 5.74) is 20.6. The van der Waals surface area contributed by atoms with Crippen LogP contribution < -0.4 is 54.3 Å². The molecule has 2 saturated heterocycles. The number of hydrogen-bond donors (Lipinski definition) is 9. The third kappa shape index (κ3) is 56.9. The van der Waals surface area contributed by atoms with Crippen LogP contribution in [0.1, 0.15) is 91.5 Å². The van der Waals surface area contributed by atoms with Gasteiger partial charge in [0.25, 0.3) is 0 Å². The second-order valence-corrected chi connectivity index (χ2v) is 34.2. The largest absolute Gasteiger partial charge is 0.458 e. The lowest BCUT2D eigenvalue weighted by Gasteiger charge is -2.33. The Bertz CT molecular complexity index is 3160. The molecule has 127 heavy (non-hydrogen) atoms. The number of halogens is 1. The van der Waals surface area contributed by atoms with Crippen molar-refractivity contribution >= 4 is 80.4 Å². The maximum absolute atomic E-state index is 13.9. The SMILES string of the molecule is CC(C)(C)OC(=O)[C@H](Cc1ccc(OC(=O)N2CCN(C(=O)Cl)CC2)cc1)NC(=O)C1N(S(=O)(=O)c2cccnc2)CSC1(C)C.NCCOCCOCCC(=O)NCCCOCCOCC(COCCOCCCNC(=O)CCOCCOCCN)(COCCOCCCNC(=O)CCOCCOCCN)COCCOCCCNC(=O)CCOCCOCCN. The Morgan fingerprint density at radius 3 is 1.15 bits per heavy atom. The lowest BCUT2D eigenvalue weighted by molar-refractivity contribution is -0.159. The number of sulfonamides is 1. The zero-order valence-electron chi connectivity index (χ0n) is 75.2. The Morgan fingerprint density at radius 2 is 0.819 bits per heavy atom. The van der Waals surface area contributed by atoms with Gasteiger partial charge in [0.2, 0.25) is 39.6 Å². The number of amides is 7. The first-order chi connectivity index (χ1) is 61.3. The molecular weight excluding hydrogens is 1730 g/mol. The summed E-state index contributed by atoms with van der Waals surface area (Å²) >= 11 is 6.82. The molecule has 0 radical (unpaired) electrons. The Balaban J connectivity index is 0.000000756. The van der Waals surface area contributed by atoms with Crippen LogP contribution in [-0.2, 0) is 126 Å². The molecule has 3 heterocycles. The van der Waals surface area contributed by atoms with Crippen LogP contribution in [0.25, 0.3) is 0 Å². The Kier molecular flexibility index (Phi) is 65.4. The number of pyridine rings is 1. The van der Waals surface area contributed by atoms with Gasteiger partial charge in [-0.15, -0.1) is 11.8 Å². The van der Waals surface area contributed by atoms with E-state index in [2.05, 4.69) is 31.6 Å². The average Bonchev–Trinajstić information content (AvgIpc) is 1.62. The fourth-order valence-electron chi connectivity index (χ4n) is 11.5. The summed E-state index contributed by atoms with van der Waals surface area (Å²) < 4.78 is 129. The van der Waals surface area contributed by atoms with Gasteiger partial charge in [0.15, 0.2) is 0 Å². The summed E-state index contributed by atoms with van der Waals surface area (Å²) in [4.78, 5) is 107. The molecule has 13 N–H and O–H groups in total. The zero-order chi connectivity index (χ0) is 92.8. The fraction of sp³-hybridized carbons (Fsp3) is 0.771. The third-order valence-electron chi connectivity index (χ3n) is 18.1. The number of carbonyl (C=O) groups excluding carboxylic acids is 8. The molecule has 44 heteroatoms. The molecule has 41 nitrogen and oxygen atoms in total. The minimum Gasteiger partial charge on any atom is -0.458 e. The van der Waals surface area contributed by atoms with Crippen molar-refractivity contribution in [3.05, 3.63) is 54.4 Å². The maximum Gasteiger partial charge on any atom is 0.415 e. The molecule has 0 saturated carbocycles. The molecule has 4 rings (SSSR count). The van der Waals surface area contributed by atoms with E-state index >= 15 is 0 Å². The Morgan fingerprint density at radius 1 is 0.480 bits per heavy atom. The smallest absolute Gasteiger partial charge is 0.415 e. The van der Waals surface area contributed by atoms with E-state index in [4.69, 9.17) is 120 Å². The number of aromatic nitrogens is 1. The number of nitrogens with one attached hydrogen (secondary N) is 5. The zero-order valence-corrected chi connectivity index (χ0v) is 77.6. The van der Waals surface area contributed by atoms with E-state index in [1.807, 2.05) is 0 Å². The first kappa shape index (κ1) is 115. The summed E-state index contributed by atoms with van der Waals surface area (Å²) in [7, 11) is -4.07. The van der Waals surface area contributed by atoms with Crippen molar-refractivity contribution < 1.29 is 132 Å². The molecule has 7 amide bonds. The van der Waals surface area contributed by atoms with Gasteiger partial charge in [-0.2, -0.15) is 4.31 Å². The van der Waals surface area contributed by atoms with Gasteiger partial charge >= 0.3 is 17.4 Å². The molecule has 1 aromatic heterocycles. The van der Waals surface area contributed by atoms with Gasteiger partial charge < -0.3 is 145 Å². The van der Waals surface area contributed by atoms with Crippen molar-refractivity contribution in [2.24, 2.45) is 28.3 Å². The van der Waals surface area contributed by atoms with E-state index in [1.54, 1.807) is 58.9 Å². The molecule has 1 unspecified atom stereocenters. The highest BCUT2D eigenvalue weighted by atomic mass is 35.5. The van der Waals surface area contributed by atoms with Crippen LogP contribution >= 0.6 is 23.4 Å². The monoisotopic (exact) mass is 1870 g/mol. The lowest BCUT2D eigenvalue weighted by Crippen LogP contribution is -2.57. The maximum atomic E-state index is 13.9. The van der Waals surface area contributed by atoms with E-state index in [0.29, 0.717) is 255 Å². The lowest BCUT2D eigenvalue weighted by atomic mass is 9.92. The molecule has 1 aromatic carbocycles. The summed E-state index contributed by atoms with van der Waals surface area (Å²) in [6, 6.07) is 7.10. The van der Waals surface area contributed by atoms with E-state index in [1.165, 1.54) is 46.1 Å². The molecule has 2 aliphatic rings. The van der Waals surface area contributed by atoms with Crippen molar-refractivity contribution in [3.63, 3.8) is 0 Å². The minimum absolute atomic E-state index is 0.0267. The first-order valence-corrected chi connectivity index (χ1v) is 46.3. The van der Waals surface area contributed by atoms with Crippen LogP contribution in [0, 0.1) is 5.41 Å². The highest BCUT2D eigenvalue weighted by molar-refractivity contribution is 8.02. The number of nitrogens with zero attached hydrogens (tertiary/aromatic N) is 4. The fourth-order valence-corrected chi connectivity index (χ4v) is 14.8. The molecule has 2 aliphatic heterocycles. The molecular formula is C83H146ClN13O28S2. The van der Waals surface area contributed by atoms with Crippen molar-refractivity contribution in [1.29, 1.82) is 0 Å². The number of esters is 1. The molecule has 0 spiro atoms. The van der Waals surface area contributed by atoms with Crippen molar-refractivity contribution in [3.8, 4) is 5.75 Å². The number of piperazine rings is 1. The highest BCUT2D eigenvalue weighted by Crippen LogP contribution is 2.42. The molecule has 730 valence electrons. The van der Waals surface area contributed by atoms with E-state index in [-0.39, 0.29) is 138 Å². The number of carbonyl (C=O) groups is 8. The summed E-state index contributed by atoms with van der Waals surface area (Å²) in [5, 5.41) is 13.7. The number of rotatable bonds is 76. The standard InChI is InChI=1S/C53H108N8O20.C30H38ClN5O8S2/c54-9-25-74-33-29-70-21-5-49(62)58-13-1-17-66-37-41-78-45-53(46-79-42-38-67-18-2-14-59-50(63)6-22-71-30-34-75-26-10-55,47-80-43-39-68-19-3-15-60-51(64)7-23-72-31-35-76-27-11-56)48-81-44-40-69-20-4-16-61-52(65)8-24-73-32-36-77-28-12-57;1-29(2,3)44-26(38)23(17-20-8-10-21(11-9-20)43-28(40)35-15-13-34(14-16-35)27(31)39)33-25(37)24-30(4,5)45-19-36(24)46(41,42)22-7-6-12-32-18-22/h1-48,54-57H2,(H,58,62)(H,59,63)(H,60,64)(H,61,65);6-12,18,23-24H,13-17,19H2,1-5H3,(H,33,37)/t;23-,24?/m.0/s1. The second-order valence-electron chi connectivity index (χ2n) is 30.4. The molecule has 2 fully saturated rings. The van der Waals surface area contributed by atoms with Crippen molar-refractivity contribution in [1.82, 2.24) is 45.7 Å². The molecule has 2 aromatic rings. The predicted molar refractivity (Wildman–Crippen MR) is 473 cm³/mol. The average molecular weight is 1870 g/mol. The van der Waals surface area contributed by atoms with Gasteiger partial charge in [0.1, 0.15) is 28.3 Å². The number of benzene rings is 1. The Hall–Kier alpha value is -6.32. The first-order valence-electron chi connectivity index (χ1n) is 43.5. The van der Waals surface area contributed by atoms with Gasteiger partial charge in [-0.3, -0.25) is 33.8 Å². The summed E-state index contributed by atoms with van der Waals surface area (Å²) in [6.45, 7) is 24.9. The summed E-state index contributed by atoms with van der Waals surface area (Å²) in [5.74, 6) is -1.42. The van der Waals surface area contributed by atoms with Crippen LogP contribution in [0.15, 0.2) is 53.7 Å². The van der Waals surface area contributed by atoms with Gasteiger partial charge in [-0.25, -0.2) is 18.0 Å². The highest BCUT2D eigenvalue weighted by Gasteiger charge is 2.52. The van der Waals surface area contributed by atoms with E-state index in [9.17, 15) is 46.8 Å². The number of nitrogens with two attached hydrogens (primary N) is 4. The van der Waals surface area contributed by atoms with Gasteiger partial charge in [0, 0.05) is 154 Å². The molecule has 0 bridgehead atoms. The minimum atomic E-state index is -4.07. The third-order valence-corrected chi connectivity index (χ3v) is 21.6. The van der Waals surface area contributed by atoms with Crippen molar-refractivity contribution in [2.75, 3.05) is 296 Å². The van der Waals surface area contributed by atoms with Crippen molar-refractivity contribution in [2.45, 2.75) is 120 Å². The topological polar surface area (TPSA) is 524 Å². The second kappa shape index (κ2) is 72.3. The van der Waals surface area contributed by atoms with Crippen LogP contribution in [0.4, 0.5) is 9.59 Å². The molecule has 0 aliphatic carbocycles. The number of ether oxygens (including phenoxy) is 18. The van der Waals surface area contributed by atoms with Crippen LogP contribution in [0.5, 0.6) is 5.75 Å². The van der Waals surface area contributed by atoms with E-state index < -0.39 is 61.2 Å². The van der Waals surface area contributed by atoms with Gasteiger partial charge in [-0.1, -0.05) is 12.1 Å². The van der Waals surface area contributed by atoms with Crippen LogP contribution in [-0.4, -0.2) is 393 Å². The van der Waals surface area contributed by atoms with Gasteiger partial charge in [0.05, 0.1) is 196 Å².